The van der Waals surface area contributed by atoms with Gasteiger partial charge in [-0.2, -0.15) is 0 Å². The van der Waals surface area contributed by atoms with Crippen LogP contribution in [-0.4, -0.2) is 15.0 Å². The van der Waals surface area contributed by atoms with Crippen molar-refractivity contribution in [2.24, 2.45) is 0 Å². The van der Waals surface area contributed by atoms with Gasteiger partial charge in [0.15, 0.2) is 0 Å². The van der Waals surface area contributed by atoms with Crippen LogP contribution in [0, 0.1) is 4.64 Å². The molecule has 0 spiro atoms. The third kappa shape index (κ3) is 1.19. The average Bonchev–Trinajstić information content (AvgIpc) is 2.04. The van der Waals surface area contributed by atoms with Crippen molar-refractivity contribution in [2.75, 3.05) is 0 Å². The zero-order valence-corrected chi connectivity index (χ0v) is 7.49. The topological polar surface area (TPSA) is 41.6 Å². The Balaban J connectivity index is 2.99. The summed E-state index contributed by atoms with van der Waals surface area (Å²) < 4.78 is 0.474. The van der Waals surface area contributed by atoms with Crippen LogP contribution in [0.3, 0.4) is 0 Å². The molecule has 0 bridgehead atoms. The highest BCUT2D eigenvalue weighted by atomic mass is 35.5. The van der Waals surface area contributed by atoms with E-state index >= 15 is 0 Å². The molecule has 0 amide bonds. The fraction of sp³-hybridized carbons (Fsp3) is 0. The molecular formula is C7H4ClN3S. The van der Waals surface area contributed by atoms with Crippen LogP contribution in [0.5, 0.6) is 0 Å². The van der Waals surface area contributed by atoms with Crippen LogP contribution in [0.4, 0.5) is 0 Å². The summed E-state index contributed by atoms with van der Waals surface area (Å²) in [6.45, 7) is 0. The fourth-order valence-corrected chi connectivity index (χ4v) is 1.43. The Hall–Kier alpha value is -1.00. The molecule has 0 atom stereocenters. The molecular weight excluding hydrogens is 194 g/mol. The zero-order valence-electron chi connectivity index (χ0n) is 5.91. The van der Waals surface area contributed by atoms with Crippen LogP contribution in [-0.2, 0) is 0 Å². The van der Waals surface area contributed by atoms with Crippen molar-refractivity contribution in [3.05, 3.63) is 28.3 Å². The van der Waals surface area contributed by atoms with Crippen molar-refractivity contribution >= 4 is 34.9 Å². The lowest BCUT2D eigenvalue weighted by molar-refractivity contribution is 1.17. The maximum Gasteiger partial charge on any atom is 0.202 e. The maximum atomic E-state index is 5.65. The standard InChI is InChI=1S/C7H4ClN3S/c8-7-10-5-4(6(12)11-7)2-1-3-9-5/h1-3H,(H,9,10,11,12). The predicted octanol–water partition coefficient (Wildman–Crippen LogP) is 2.34. The second-order valence-corrected chi connectivity index (χ2v) is 2.98. The Labute approximate surface area is 78.4 Å². The first kappa shape index (κ1) is 7.64. The van der Waals surface area contributed by atoms with Crippen LogP contribution >= 0.6 is 23.8 Å². The highest BCUT2D eigenvalue weighted by molar-refractivity contribution is 7.71. The number of rotatable bonds is 0. The van der Waals surface area contributed by atoms with Crippen LogP contribution in [0.15, 0.2) is 18.3 Å². The summed E-state index contributed by atoms with van der Waals surface area (Å²) in [5.74, 6) is 0. The van der Waals surface area contributed by atoms with Crippen molar-refractivity contribution in [2.45, 2.75) is 0 Å². The molecule has 0 aliphatic heterocycles. The van der Waals surface area contributed by atoms with Crippen molar-refractivity contribution in [3.63, 3.8) is 0 Å². The number of aromatic amines is 1. The van der Waals surface area contributed by atoms with E-state index in [1.54, 1.807) is 6.20 Å². The normalized spacial score (nSPS) is 10.4. The van der Waals surface area contributed by atoms with Gasteiger partial charge in [-0.3, -0.25) is 0 Å². The van der Waals surface area contributed by atoms with Gasteiger partial charge in [-0.1, -0.05) is 12.2 Å². The molecule has 2 aromatic rings. The van der Waals surface area contributed by atoms with Crippen LogP contribution < -0.4 is 0 Å². The SMILES string of the molecule is S=c1nc(Cl)[nH]c2ncccc12. The lowest BCUT2D eigenvalue weighted by Gasteiger charge is -1.95. The summed E-state index contributed by atoms with van der Waals surface area (Å²) in [6.07, 6.45) is 1.67. The summed E-state index contributed by atoms with van der Waals surface area (Å²) in [5.41, 5.74) is 0.669. The van der Waals surface area contributed by atoms with Gasteiger partial charge in [-0.15, -0.1) is 0 Å². The molecule has 2 rings (SSSR count). The Morgan fingerprint density at radius 1 is 1.50 bits per heavy atom. The molecule has 0 saturated heterocycles. The molecule has 0 aliphatic rings. The fourth-order valence-electron chi connectivity index (χ4n) is 0.953. The molecule has 0 aliphatic carbocycles. The van der Waals surface area contributed by atoms with E-state index in [1.807, 2.05) is 12.1 Å². The molecule has 60 valence electrons. The predicted molar refractivity (Wildman–Crippen MR) is 49.7 cm³/mol. The smallest absolute Gasteiger partial charge is 0.202 e. The molecule has 3 nitrogen and oxygen atoms in total. The number of hydrogen-bond donors (Lipinski definition) is 1. The summed E-state index contributed by atoms with van der Waals surface area (Å²) >= 11 is 10.6. The number of hydrogen-bond acceptors (Lipinski definition) is 3. The molecule has 0 fully saturated rings. The second kappa shape index (κ2) is 2.80. The minimum absolute atomic E-state index is 0.270. The number of nitrogens with one attached hydrogen (secondary N) is 1. The van der Waals surface area contributed by atoms with E-state index in [2.05, 4.69) is 15.0 Å². The van der Waals surface area contributed by atoms with E-state index in [0.29, 0.717) is 10.3 Å². The third-order valence-electron chi connectivity index (χ3n) is 1.46. The summed E-state index contributed by atoms with van der Waals surface area (Å²) in [7, 11) is 0. The van der Waals surface area contributed by atoms with Crippen molar-refractivity contribution < 1.29 is 0 Å². The minimum Gasteiger partial charge on any atom is -0.314 e. The van der Waals surface area contributed by atoms with Gasteiger partial charge in [0.2, 0.25) is 5.28 Å². The molecule has 2 heterocycles. The van der Waals surface area contributed by atoms with E-state index in [9.17, 15) is 0 Å². The molecule has 5 heteroatoms. The van der Waals surface area contributed by atoms with Gasteiger partial charge in [-0.05, 0) is 23.7 Å². The van der Waals surface area contributed by atoms with Gasteiger partial charge in [0.05, 0.1) is 5.39 Å². The second-order valence-electron chi connectivity index (χ2n) is 2.23. The largest absolute Gasteiger partial charge is 0.314 e. The zero-order chi connectivity index (χ0) is 8.55. The van der Waals surface area contributed by atoms with Crippen molar-refractivity contribution in [1.29, 1.82) is 0 Å². The van der Waals surface area contributed by atoms with E-state index in [-0.39, 0.29) is 5.28 Å². The van der Waals surface area contributed by atoms with E-state index in [4.69, 9.17) is 23.8 Å². The number of H-pyrrole nitrogens is 1. The first-order chi connectivity index (χ1) is 5.77. The first-order valence-electron chi connectivity index (χ1n) is 3.28. The quantitative estimate of drug-likeness (QED) is 0.521. The molecule has 0 radical (unpaired) electrons. The van der Waals surface area contributed by atoms with Gasteiger partial charge in [0, 0.05) is 6.20 Å². The number of fused-ring (bicyclic) bond motifs is 1. The Bertz CT molecular complexity index is 479. The van der Waals surface area contributed by atoms with E-state index in [0.717, 1.165) is 5.39 Å². The number of nitrogens with zero attached hydrogens (tertiary/aromatic N) is 2. The molecule has 0 unspecified atom stereocenters. The number of pyridine rings is 1. The Kier molecular flexibility index (Phi) is 1.78. The lowest BCUT2D eigenvalue weighted by Crippen LogP contribution is -1.87. The van der Waals surface area contributed by atoms with Crippen molar-refractivity contribution in [1.82, 2.24) is 15.0 Å². The maximum absolute atomic E-state index is 5.65. The number of aromatic nitrogens is 3. The monoisotopic (exact) mass is 197 g/mol. The van der Waals surface area contributed by atoms with Crippen LogP contribution in [0.25, 0.3) is 11.0 Å². The van der Waals surface area contributed by atoms with Gasteiger partial charge in [-0.25, -0.2) is 9.97 Å². The summed E-state index contributed by atoms with van der Waals surface area (Å²) in [4.78, 5) is 10.7. The lowest BCUT2D eigenvalue weighted by atomic mass is 10.3. The van der Waals surface area contributed by atoms with Crippen LogP contribution in [0.1, 0.15) is 0 Å². The molecule has 1 N–H and O–H groups in total. The molecule has 0 aromatic carbocycles. The van der Waals surface area contributed by atoms with Gasteiger partial charge < -0.3 is 4.98 Å². The van der Waals surface area contributed by atoms with Crippen LogP contribution in [0.2, 0.25) is 5.28 Å². The highest BCUT2D eigenvalue weighted by Crippen LogP contribution is 2.11. The van der Waals surface area contributed by atoms with Gasteiger partial charge in [0.25, 0.3) is 0 Å². The van der Waals surface area contributed by atoms with E-state index in [1.165, 1.54) is 0 Å². The van der Waals surface area contributed by atoms with Gasteiger partial charge >= 0.3 is 0 Å². The summed E-state index contributed by atoms with van der Waals surface area (Å²) in [5, 5.41) is 1.09. The Morgan fingerprint density at radius 2 is 2.33 bits per heavy atom. The van der Waals surface area contributed by atoms with Crippen molar-refractivity contribution in [3.8, 4) is 0 Å². The minimum atomic E-state index is 0.270. The first-order valence-corrected chi connectivity index (χ1v) is 4.06. The number of halogens is 1. The molecule has 2 aromatic heterocycles. The Morgan fingerprint density at radius 3 is 3.17 bits per heavy atom. The van der Waals surface area contributed by atoms with Gasteiger partial charge in [0.1, 0.15) is 10.3 Å². The average molecular weight is 198 g/mol. The van der Waals surface area contributed by atoms with E-state index < -0.39 is 0 Å². The summed E-state index contributed by atoms with van der Waals surface area (Å²) in [6, 6.07) is 3.66. The third-order valence-corrected chi connectivity index (χ3v) is 1.95. The molecule has 0 saturated carbocycles. The highest BCUT2D eigenvalue weighted by Gasteiger charge is 1.97. The molecule has 12 heavy (non-hydrogen) atoms.